The van der Waals surface area contributed by atoms with Crippen molar-refractivity contribution in [3.05, 3.63) is 42.5 Å². The number of nitrogens with zero attached hydrogens (tertiary/aromatic N) is 5. The van der Waals surface area contributed by atoms with Gasteiger partial charge < -0.3 is 9.64 Å². The van der Waals surface area contributed by atoms with Gasteiger partial charge in [0.2, 0.25) is 15.9 Å². The monoisotopic (exact) mass is 379 g/mol. The highest BCUT2D eigenvalue weighted by Crippen LogP contribution is 2.20. The molecule has 1 fully saturated rings. The Morgan fingerprint density at radius 3 is 2.73 bits per heavy atom. The highest BCUT2D eigenvalue weighted by Gasteiger charge is 2.25. The standard InChI is InChI=1S/C16H21N5O4S/c1-26(23,24)21(11-16(22)19-5-7-25-8-6-19)15-4-2-3-14(9-15)10-20-13-17-12-18-20/h2-4,9,12-13H,5-8,10-11H2,1H3. The van der Waals surface area contributed by atoms with Crippen LogP contribution in [0.2, 0.25) is 0 Å². The molecule has 3 rings (SSSR count). The Kier molecular flexibility index (Phi) is 5.52. The highest BCUT2D eigenvalue weighted by atomic mass is 32.2. The van der Waals surface area contributed by atoms with E-state index in [1.54, 1.807) is 34.1 Å². The average molecular weight is 379 g/mol. The second kappa shape index (κ2) is 7.83. The first kappa shape index (κ1) is 18.3. The van der Waals surface area contributed by atoms with Gasteiger partial charge >= 0.3 is 0 Å². The number of hydrogen-bond donors (Lipinski definition) is 0. The molecule has 0 aliphatic carbocycles. The van der Waals surface area contributed by atoms with Crippen LogP contribution in [0.25, 0.3) is 0 Å². The van der Waals surface area contributed by atoms with Gasteiger partial charge in [0, 0.05) is 13.1 Å². The van der Waals surface area contributed by atoms with Gasteiger partial charge in [0.25, 0.3) is 0 Å². The Bertz CT molecular complexity index is 847. The molecule has 1 amide bonds. The number of benzene rings is 1. The Balaban J connectivity index is 1.80. The summed E-state index contributed by atoms with van der Waals surface area (Å²) in [6.07, 6.45) is 4.13. The summed E-state index contributed by atoms with van der Waals surface area (Å²) in [5.74, 6) is -0.236. The van der Waals surface area contributed by atoms with Gasteiger partial charge in [-0.05, 0) is 17.7 Å². The largest absolute Gasteiger partial charge is 0.378 e. The first-order chi connectivity index (χ1) is 12.4. The van der Waals surface area contributed by atoms with E-state index in [0.717, 1.165) is 16.1 Å². The van der Waals surface area contributed by atoms with Crippen molar-refractivity contribution < 1.29 is 17.9 Å². The molecule has 0 atom stereocenters. The molecular formula is C16H21N5O4S. The van der Waals surface area contributed by atoms with Gasteiger partial charge in [-0.25, -0.2) is 18.1 Å². The van der Waals surface area contributed by atoms with Crippen LogP contribution in [0.5, 0.6) is 0 Å². The van der Waals surface area contributed by atoms with Gasteiger partial charge in [0.15, 0.2) is 0 Å². The summed E-state index contributed by atoms with van der Waals surface area (Å²) in [6.45, 7) is 2.12. The number of sulfonamides is 1. The van der Waals surface area contributed by atoms with E-state index < -0.39 is 10.0 Å². The van der Waals surface area contributed by atoms with Crippen molar-refractivity contribution in [2.45, 2.75) is 6.54 Å². The van der Waals surface area contributed by atoms with Crippen LogP contribution in [0.15, 0.2) is 36.9 Å². The molecule has 0 unspecified atom stereocenters. The van der Waals surface area contributed by atoms with Gasteiger partial charge in [-0.15, -0.1) is 0 Å². The Morgan fingerprint density at radius 2 is 2.08 bits per heavy atom. The summed E-state index contributed by atoms with van der Waals surface area (Å²) < 4.78 is 32.6. The predicted molar refractivity (Wildman–Crippen MR) is 95.2 cm³/mol. The summed E-state index contributed by atoms with van der Waals surface area (Å²) in [5.41, 5.74) is 1.31. The van der Waals surface area contributed by atoms with Crippen LogP contribution in [0, 0.1) is 0 Å². The fraction of sp³-hybridized carbons (Fsp3) is 0.438. The van der Waals surface area contributed by atoms with Crippen molar-refractivity contribution in [2.75, 3.05) is 43.4 Å². The van der Waals surface area contributed by atoms with Crippen molar-refractivity contribution >= 4 is 21.6 Å². The molecule has 0 spiro atoms. The first-order valence-corrected chi connectivity index (χ1v) is 10.0. The van der Waals surface area contributed by atoms with E-state index in [1.807, 2.05) is 6.07 Å². The number of morpholine rings is 1. The third-order valence-electron chi connectivity index (χ3n) is 4.05. The molecule has 9 nitrogen and oxygen atoms in total. The number of carbonyl (C=O) groups excluding carboxylic acids is 1. The Labute approximate surface area is 152 Å². The maximum Gasteiger partial charge on any atom is 0.243 e. The molecule has 140 valence electrons. The van der Waals surface area contributed by atoms with Gasteiger partial charge in [-0.1, -0.05) is 12.1 Å². The SMILES string of the molecule is CS(=O)(=O)N(CC(=O)N1CCOCC1)c1cccc(Cn2cncn2)c1. The molecule has 1 aliphatic rings. The number of amides is 1. The van der Waals surface area contributed by atoms with Gasteiger partial charge in [0.05, 0.1) is 31.7 Å². The van der Waals surface area contributed by atoms with Gasteiger partial charge in [0.1, 0.15) is 19.2 Å². The van der Waals surface area contributed by atoms with Gasteiger partial charge in [-0.3, -0.25) is 9.10 Å². The normalized spacial score (nSPS) is 15.0. The van der Waals surface area contributed by atoms with Crippen LogP contribution in [0.3, 0.4) is 0 Å². The summed E-state index contributed by atoms with van der Waals surface area (Å²) in [7, 11) is -3.61. The topological polar surface area (TPSA) is 97.6 Å². The third-order valence-corrected chi connectivity index (χ3v) is 5.19. The summed E-state index contributed by atoms with van der Waals surface area (Å²) in [6, 6.07) is 7.06. The molecule has 26 heavy (non-hydrogen) atoms. The minimum absolute atomic E-state index is 0.231. The van der Waals surface area contributed by atoms with Crippen LogP contribution >= 0.6 is 0 Å². The van der Waals surface area contributed by atoms with Crippen LogP contribution in [-0.2, 0) is 26.1 Å². The number of rotatable bonds is 6. The molecule has 2 heterocycles. The van der Waals surface area contributed by atoms with Crippen molar-refractivity contribution in [1.29, 1.82) is 0 Å². The van der Waals surface area contributed by atoms with Crippen LogP contribution in [0.4, 0.5) is 5.69 Å². The minimum atomic E-state index is -3.61. The molecule has 0 N–H and O–H groups in total. The molecule has 2 aromatic rings. The van der Waals surface area contributed by atoms with E-state index in [0.29, 0.717) is 38.5 Å². The van der Waals surface area contributed by atoms with Crippen molar-refractivity contribution in [3.8, 4) is 0 Å². The highest BCUT2D eigenvalue weighted by molar-refractivity contribution is 7.92. The lowest BCUT2D eigenvalue weighted by molar-refractivity contribution is -0.133. The summed E-state index contributed by atoms with van der Waals surface area (Å²) in [5, 5.41) is 4.05. The zero-order valence-corrected chi connectivity index (χ0v) is 15.3. The zero-order chi connectivity index (χ0) is 18.6. The lowest BCUT2D eigenvalue weighted by atomic mass is 10.2. The van der Waals surface area contributed by atoms with E-state index in [-0.39, 0.29) is 12.5 Å². The molecule has 0 bridgehead atoms. The molecule has 0 saturated carbocycles. The number of hydrogen-bond acceptors (Lipinski definition) is 6. The van der Waals surface area contributed by atoms with Crippen LogP contribution in [0.1, 0.15) is 5.56 Å². The maximum absolute atomic E-state index is 12.5. The number of anilines is 1. The van der Waals surface area contributed by atoms with E-state index >= 15 is 0 Å². The van der Waals surface area contributed by atoms with E-state index in [9.17, 15) is 13.2 Å². The summed E-state index contributed by atoms with van der Waals surface area (Å²) >= 11 is 0. The molecular weight excluding hydrogens is 358 g/mol. The molecule has 1 aromatic carbocycles. The summed E-state index contributed by atoms with van der Waals surface area (Å²) in [4.78, 5) is 18.0. The average Bonchev–Trinajstić information content (AvgIpc) is 3.12. The van der Waals surface area contributed by atoms with E-state index in [4.69, 9.17) is 4.74 Å². The zero-order valence-electron chi connectivity index (χ0n) is 14.5. The van der Waals surface area contributed by atoms with E-state index in [1.165, 1.54) is 6.33 Å². The van der Waals surface area contributed by atoms with Crippen molar-refractivity contribution in [2.24, 2.45) is 0 Å². The fourth-order valence-electron chi connectivity index (χ4n) is 2.75. The molecule has 0 radical (unpaired) electrons. The molecule has 1 saturated heterocycles. The lowest BCUT2D eigenvalue weighted by Crippen LogP contribution is -2.47. The smallest absolute Gasteiger partial charge is 0.243 e. The van der Waals surface area contributed by atoms with Crippen molar-refractivity contribution in [3.63, 3.8) is 0 Å². The number of carbonyl (C=O) groups is 1. The van der Waals surface area contributed by atoms with Crippen molar-refractivity contribution in [1.82, 2.24) is 19.7 Å². The minimum Gasteiger partial charge on any atom is -0.378 e. The molecule has 1 aromatic heterocycles. The Hall–Kier alpha value is -2.46. The molecule has 1 aliphatic heterocycles. The number of ether oxygens (including phenoxy) is 1. The number of aromatic nitrogens is 3. The second-order valence-corrected chi connectivity index (χ2v) is 7.93. The maximum atomic E-state index is 12.5. The third kappa shape index (κ3) is 4.58. The predicted octanol–water partition coefficient (Wildman–Crippen LogP) is -0.0488. The molecule has 10 heteroatoms. The van der Waals surface area contributed by atoms with Gasteiger partial charge in [-0.2, -0.15) is 5.10 Å². The van der Waals surface area contributed by atoms with Crippen LogP contribution < -0.4 is 4.31 Å². The lowest BCUT2D eigenvalue weighted by Gasteiger charge is -2.30. The second-order valence-electron chi connectivity index (χ2n) is 6.03. The van der Waals surface area contributed by atoms with Crippen LogP contribution in [-0.4, -0.2) is 73.1 Å². The fourth-order valence-corrected chi connectivity index (χ4v) is 3.59. The van der Waals surface area contributed by atoms with E-state index in [2.05, 4.69) is 10.1 Å². The Morgan fingerprint density at radius 1 is 1.31 bits per heavy atom. The first-order valence-electron chi connectivity index (χ1n) is 8.18. The quantitative estimate of drug-likeness (QED) is 0.698.